The minimum Gasteiger partial charge on any atom is -0.457 e. The molecule has 1 aliphatic rings. The molecule has 182 valence electrons. The molecule has 7 heteroatoms. The highest BCUT2D eigenvalue weighted by Gasteiger charge is 2.42. The summed E-state index contributed by atoms with van der Waals surface area (Å²) >= 11 is 5.86. The third-order valence-electron chi connectivity index (χ3n) is 6.38. The van der Waals surface area contributed by atoms with Crippen LogP contribution in [-0.2, 0) is 0 Å². The monoisotopic (exact) mass is 506 g/mol. The molecule has 0 bridgehead atoms. The molecule has 0 radical (unpaired) electrons. The molecule has 5 nitrogen and oxygen atoms in total. The number of benzene rings is 3. The van der Waals surface area contributed by atoms with E-state index in [1.54, 1.807) is 18.3 Å². The van der Waals surface area contributed by atoms with Crippen LogP contribution >= 0.6 is 12.2 Å². The van der Waals surface area contributed by atoms with Gasteiger partial charge in [0.15, 0.2) is 5.11 Å². The minimum atomic E-state index is -0.271. The van der Waals surface area contributed by atoms with Gasteiger partial charge in [-0.25, -0.2) is 4.39 Å². The standard InChI is InChI=1S/C30H23FN4OS/c31-21-11-13-22(14-12-21)34-20-6-10-27(34)29-28(26-9-4-5-19-32-26)33-30(37)35(29)23-15-17-25(18-16-23)36-24-7-2-1-3-8-24/h1-20,28-29H,(H,33,37)/t28-,29+/m0/s1. The van der Waals surface area contributed by atoms with Gasteiger partial charge in [0.05, 0.1) is 11.7 Å². The molecule has 1 aliphatic heterocycles. The number of halogens is 1. The number of aromatic nitrogens is 2. The lowest BCUT2D eigenvalue weighted by atomic mass is 10.0. The van der Waals surface area contributed by atoms with E-state index in [1.807, 2.05) is 85.1 Å². The van der Waals surface area contributed by atoms with Crippen LogP contribution in [0.2, 0.25) is 0 Å². The Bertz CT molecular complexity index is 1510. The van der Waals surface area contributed by atoms with Gasteiger partial charge in [-0.3, -0.25) is 4.98 Å². The summed E-state index contributed by atoms with van der Waals surface area (Å²) in [5.74, 6) is 1.24. The first-order valence-electron chi connectivity index (χ1n) is 11.9. The molecule has 2 atom stereocenters. The fourth-order valence-electron chi connectivity index (χ4n) is 4.70. The number of rotatable bonds is 6. The van der Waals surface area contributed by atoms with Gasteiger partial charge < -0.3 is 19.5 Å². The molecule has 0 unspecified atom stereocenters. The molecule has 2 aromatic heterocycles. The molecule has 0 saturated carbocycles. The first-order chi connectivity index (χ1) is 18.2. The van der Waals surface area contributed by atoms with E-state index < -0.39 is 0 Å². The zero-order valence-electron chi connectivity index (χ0n) is 19.7. The van der Waals surface area contributed by atoms with Crippen molar-refractivity contribution in [1.29, 1.82) is 0 Å². The van der Waals surface area contributed by atoms with Gasteiger partial charge in [0.2, 0.25) is 0 Å². The Morgan fingerprint density at radius 3 is 2.19 bits per heavy atom. The third kappa shape index (κ3) is 4.57. The van der Waals surface area contributed by atoms with Crippen molar-refractivity contribution in [3.63, 3.8) is 0 Å². The van der Waals surface area contributed by atoms with Gasteiger partial charge in [-0.1, -0.05) is 24.3 Å². The van der Waals surface area contributed by atoms with Crippen LogP contribution in [0.25, 0.3) is 5.69 Å². The van der Waals surface area contributed by atoms with Crippen LogP contribution in [0.4, 0.5) is 10.1 Å². The molecule has 1 saturated heterocycles. The van der Waals surface area contributed by atoms with Crippen LogP contribution in [0.3, 0.4) is 0 Å². The van der Waals surface area contributed by atoms with Crippen molar-refractivity contribution in [2.24, 2.45) is 0 Å². The first kappa shape index (κ1) is 22.9. The lowest BCUT2D eigenvalue weighted by Crippen LogP contribution is -2.30. The summed E-state index contributed by atoms with van der Waals surface area (Å²) in [4.78, 5) is 6.74. The molecular formula is C30H23FN4OS. The molecule has 5 aromatic rings. The summed E-state index contributed by atoms with van der Waals surface area (Å²) in [6, 6.07) is 33.6. The summed E-state index contributed by atoms with van der Waals surface area (Å²) in [5.41, 5.74) is 3.67. The van der Waals surface area contributed by atoms with Crippen LogP contribution in [0.15, 0.2) is 122 Å². The fourth-order valence-corrected chi connectivity index (χ4v) is 5.05. The normalized spacial score (nSPS) is 17.0. The predicted octanol–water partition coefficient (Wildman–Crippen LogP) is 6.98. The molecule has 1 N–H and O–H groups in total. The topological polar surface area (TPSA) is 42.3 Å². The predicted molar refractivity (Wildman–Crippen MR) is 147 cm³/mol. The number of hydrogen-bond acceptors (Lipinski definition) is 3. The molecule has 0 spiro atoms. The van der Waals surface area contributed by atoms with Gasteiger partial charge >= 0.3 is 0 Å². The zero-order valence-corrected chi connectivity index (χ0v) is 20.6. The van der Waals surface area contributed by atoms with Gasteiger partial charge in [0, 0.05) is 29.5 Å². The van der Waals surface area contributed by atoms with Crippen molar-refractivity contribution in [1.82, 2.24) is 14.9 Å². The minimum absolute atomic E-state index is 0.192. The number of para-hydroxylation sites is 1. The summed E-state index contributed by atoms with van der Waals surface area (Å²) in [6.07, 6.45) is 3.77. The molecular weight excluding hydrogens is 483 g/mol. The number of nitrogens with zero attached hydrogens (tertiary/aromatic N) is 3. The number of thiocarbonyl (C=S) groups is 1. The van der Waals surface area contributed by atoms with E-state index in [-0.39, 0.29) is 17.9 Å². The third-order valence-corrected chi connectivity index (χ3v) is 6.69. The van der Waals surface area contributed by atoms with Gasteiger partial charge in [-0.15, -0.1) is 0 Å². The van der Waals surface area contributed by atoms with Gasteiger partial charge in [0.1, 0.15) is 23.4 Å². The number of anilines is 1. The van der Waals surface area contributed by atoms with Crippen molar-refractivity contribution in [3.8, 4) is 17.2 Å². The van der Waals surface area contributed by atoms with Crippen LogP contribution < -0.4 is 15.0 Å². The summed E-state index contributed by atoms with van der Waals surface area (Å²) in [6.45, 7) is 0. The second-order valence-corrected chi connectivity index (χ2v) is 9.07. The van der Waals surface area contributed by atoms with Crippen molar-refractivity contribution < 1.29 is 9.13 Å². The maximum atomic E-state index is 13.7. The fraction of sp³-hybridized carbons (Fsp3) is 0.0667. The molecule has 1 fully saturated rings. The number of nitrogens with one attached hydrogen (secondary N) is 1. The Morgan fingerprint density at radius 1 is 0.757 bits per heavy atom. The number of ether oxygens (including phenoxy) is 1. The summed E-state index contributed by atoms with van der Waals surface area (Å²) in [7, 11) is 0. The highest BCUT2D eigenvalue weighted by atomic mass is 32.1. The van der Waals surface area contributed by atoms with Crippen LogP contribution in [0.5, 0.6) is 11.5 Å². The Balaban J connectivity index is 1.40. The average molecular weight is 507 g/mol. The Labute approximate surface area is 219 Å². The quantitative estimate of drug-likeness (QED) is 0.252. The van der Waals surface area contributed by atoms with E-state index in [1.165, 1.54) is 12.1 Å². The maximum absolute atomic E-state index is 13.7. The first-order valence-corrected chi connectivity index (χ1v) is 12.3. The maximum Gasteiger partial charge on any atom is 0.174 e. The van der Waals surface area contributed by atoms with Crippen LogP contribution in [0.1, 0.15) is 23.5 Å². The van der Waals surface area contributed by atoms with Gasteiger partial charge in [0.25, 0.3) is 0 Å². The Kier molecular flexibility index (Phi) is 6.12. The number of pyridine rings is 1. The van der Waals surface area contributed by atoms with E-state index in [9.17, 15) is 4.39 Å². The average Bonchev–Trinajstić information content (AvgIpc) is 3.55. The molecule has 6 rings (SSSR count). The van der Waals surface area contributed by atoms with Crippen molar-refractivity contribution in [2.45, 2.75) is 12.1 Å². The van der Waals surface area contributed by atoms with Gasteiger partial charge in [-0.2, -0.15) is 0 Å². The van der Waals surface area contributed by atoms with Gasteiger partial charge in [-0.05, 0) is 97.1 Å². The van der Waals surface area contributed by atoms with E-state index in [0.717, 1.165) is 34.3 Å². The van der Waals surface area contributed by atoms with E-state index in [4.69, 9.17) is 17.0 Å². The van der Waals surface area contributed by atoms with Crippen molar-refractivity contribution in [3.05, 3.63) is 139 Å². The highest BCUT2D eigenvalue weighted by molar-refractivity contribution is 7.80. The van der Waals surface area contributed by atoms with E-state index >= 15 is 0 Å². The lowest BCUT2D eigenvalue weighted by Gasteiger charge is -2.29. The Morgan fingerprint density at radius 2 is 1.46 bits per heavy atom. The molecule has 3 heterocycles. The largest absolute Gasteiger partial charge is 0.457 e. The van der Waals surface area contributed by atoms with Crippen molar-refractivity contribution >= 4 is 23.0 Å². The molecule has 3 aromatic carbocycles. The van der Waals surface area contributed by atoms with Crippen LogP contribution in [-0.4, -0.2) is 14.7 Å². The van der Waals surface area contributed by atoms with E-state index in [2.05, 4.69) is 25.8 Å². The van der Waals surface area contributed by atoms with Crippen molar-refractivity contribution in [2.75, 3.05) is 4.90 Å². The zero-order chi connectivity index (χ0) is 25.2. The molecule has 37 heavy (non-hydrogen) atoms. The Hall–Kier alpha value is -4.49. The lowest BCUT2D eigenvalue weighted by molar-refractivity contribution is 0.482. The summed E-state index contributed by atoms with van der Waals surface area (Å²) < 4.78 is 21.7. The SMILES string of the molecule is Fc1ccc(-n2cccc2[C@@H]2[C@H](c3ccccn3)NC(=S)N2c2ccc(Oc3ccccc3)cc2)cc1. The molecule has 0 amide bonds. The summed E-state index contributed by atoms with van der Waals surface area (Å²) in [5, 5.41) is 4.09. The highest BCUT2D eigenvalue weighted by Crippen LogP contribution is 2.42. The second-order valence-electron chi connectivity index (χ2n) is 8.69. The van der Waals surface area contributed by atoms with E-state index in [0.29, 0.717) is 5.11 Å². The molecule has 0 aliphatic carbocycles. The smallest absolute Gasteiger partial charge is 0.174 e. The van der Waals surface area contributed by atoms with Crippen LogP contribution in [0, 0.1) is 5.82 Å². The second kappa shape index (κ2) is 9.87. The number of hydrogen-bond donors (Lipinski definition) is 1.